The summed E-state index contributed by atoms with van der Waals surface area (Å²) < 4.78 is 10.8. The van der Waals surface area contributed by atoms with Gasteiger partial charge in [-0.25, -0.2) is 0 Å². The van der Waals surface area contributed by atoms with Gasteiger partial charge in [0.25, 0.3) is 0 Å². The van der Waals surface area contributed by atoms with Crippen molar-refractivity contribution in [3.63, 3.8) is 0 Å². The number of hydrogen-bond acceptors (Lipinski definition) is 7. The third-order valence-electron chi connectivity index (χ3n) is 5.19. The third kappa shape index (κ3) is 4.37. The summed E-state index contributed by atoms with van der Waals surface area (Å²) in [6.45, 7) is 0. The van der Waals surface area contributed by atoms with E-state index in [1.807, 2.05) is 0 Å². The number of ketones is 1. The van der Waals surface area contributed by atoms with Gasteiger partial charge in [-0.15, -0.1) is 0 Å². The minimum Gasteiger partial charge on any atom is -0.497 e. The summed E-state index contributed by atoms with van der Waals surface area (Å²) >= 11 is 1.24. The fraction of sp³-hybridized carbons (Fsp3) is 0.261. The molecule has 0 fully saturated rings. The Hall–Kier alpha value is -3.44. The van der Waals surface area contributed by atoms with E-state index in [2.05, 4.69) is 16.7 Å². The minimum atomic E-state index is -0.548. The molecule has 0 spiro atoms. The lowest BCUT2D eigenvalue weighted by Gasteiger charge is -2.32. The van der Waals surface area contributed by atoms with E-state index in [4.69, 9.17) is 9.15 Å². The Morgan fingerprint density at radius 1 is 1.35 bits per heavy atom. The van der Waals surface area contributed by atoms with Crippen molar-refractivity contribution in [1.29, 1.82) is 5.26 Å². The summed E-state index contributed by atoms with van der Waals surface area (Å²) in [6.07, 6.45) is 3.47. The van der Waals surface area contributed by atoms with Crippen molar-refractivity contribution in [1.82, 2.24) is 5.32 Å². The van der Waals surface area contributed by atoms with Crippen LogP contribution in [0.4, 0.5) is 5.69 Å². The van der Waals surface area contributed by atoms with Gasteiger partial charge in [-0.1, -0.05) is 17.8 Å². The van der Waals surface area contributed by atoms with Crippen LogP contribution in [-0.2, 0) is 9.59 Å². The molecule has 8 heteroatoms. The summed E-state index contributed by atoms with van der Waals surface area (Å²) in [5, 5.41) is 16.6. The molecule has 0 radical (unpaired) electrons. The minimum absolute atomic E-state index is 0.0303. The number of anilines is 1. The zero-order chi connectivity index (χ0) is 21.8. The number of dihydropyridines is 1. The van der Waals surface area contributed by atoms with E-state index in [9.17, 15) is 14.9 Å². The third-order valence-corrected chi connectivity index (χ3v) is 6.21. The topological polar surface area (TPSA) is 104 Å². The van der Waals surface area contributed by atoms with Gasteiger partial charge in [0.1, 0.15) is 11.5 Å². The number of Topliss-reactive ketones (excluding diaryl/α,β-unsaturated/α-hetero) is 1. The highest BCUT2D eigenvalue weighted by molar-refractivity contribution is 8.03. The van der Waals surface area contributed by atoms with Gasteiger partial charge in [0.05, 0.1) is 41.7 Å². The second kappa shape index (κ2) is 9.14. The van der Waals surface area contributed by atoms with E-state index in [0.717, 1.165) is 18.5 Å². The van der Waals surface area contributed by atoms with Crippen molar-refractivity contribution in [2.24, 2.45) is 0 Å². The van der Waals surface area contributed by atoms with Crippen molar-refractivity contribution in [2.75, 3.05) is 18.2 Å². The number of methoxy groups -OCH3 is 1. The van der Waals surface area contributed by atoms with E-state index in [0.29, 0.717) is 39.8 Å². The molecule has 1 aromatic heterocycles. The molecule has 1 amide bonds. The van der Waals surface area contributed by atoms with Crippen LogP contribution in [0.3, 0.4) is 0 Å². The average Bonchev–Trinajstić information content (AvgIpc) is 3.31. The first kappa shape index (κ1) is 20.8. The lowest BCUT2D eigenvalue weighted by Crippen LogP contribution is -2.31. The molecule has 2 heterocycles. The molecule has 0 unspecified atom stereocenters. The summed E-state index contributed by atoms with van der Waals surface area (Å²) in [7, 11) is 1.57. The SMILES string of the molecule is COc1cccc(NC(=O)CSC2=C(C#N)[C@@H](c3ccco3)C3=C(CCCC3=O)N2)c1. The maximum absolute atomic E-state index is 12.7. The summed E-state index contributed by atoms with van der Waals surface area (Å²) in [4.78, 5) is 25.2. The monoisotopic (exact) mass is 435 g/mol. The Labute approximate surface area is 184 Å². The Morgan fingerprint density at radius 3 is 2.97 bits per heavy atom. The maximum Gasteiger partial charge on any atom is 0.234 e. The number of thioether (sulfide) groups is 1. The van der Waals surface area contributed by atoms with Crippen LogP contribution in [0.5, 0.6) is 5.75 Å². The second-order valence-electron chi connectivity index (χ2n) is 7.17. The second-order valence-corrected chi connectivity index (χ2v) is 8.15. The van der Waals surface area contributed by atoms with Crippen LogP contribution in [-0.4, -0.2) is 24.6 Å². The number of nitrogens with one attached hydrogen (secondary N) is 2. The largest absolute Gasteiger partial charge is 0.497 e. The van der Waals surface area contributed by atoms with Crippen LogP contribution >= 0.6 is 11.8 Å². The first-order valence-electron chi connectivity index (χ1n) is 9.88. The molecule has 0 bridgehead atoms. The highest BCUT2D eigenvalue weighted by Gasteiger charge is 2.38. The summed E-state index contributed by atoms with van der Waals surface area (Å²) in [6, 6.07) is 12.9. The van der Waals surface area contributed by atoms with Crippen molar-refractivity contribution < 1.29 is 18.7 Å². The van der Waals surface area contributed by atoms with Gasteiger partial charge in [0, 0.05) is 29.4 Å². The number of nitrogens with zero attached hydrogens (tertiary/aromatic N) is 1. The Bertz CT molecular complexity index is 1110. The predicted octanol–water partition coefficient (Wildman–Crippen LogP) is 4.09. The van der Waals surface area contributed by atoms with Crippen LogP contribution in [0.15, 0.2) is 69.0 Å². The maximum atomic E-state index is 12.7. The standard InChI is InChI=1S/C23H21N3O4S/c1-29-15-6-2-5-14(11-15)25-20(28)13-31-23-16(12-24)21(19-9-4-10-30-19)22-17(26-23)7-3-8-18(22)27/h2,4-6,9-11,21,26H,3,7-8,13H2,1H3,(H,25,28)/t21-/m0/s1. The van der Waals surface area contributed by atoms with E-state index in [1.54, 1.807) is 43.5 Å². The van der Waals surface area contributed by atoms with Gasteiger partial charge in [0.15, 0.2) is 5.78 Å². The molecule has 1 aliphatic heterocycles. The van der Waals surface area contributed by atoms with Gasteiger partial charge < -0.3 is 19.8 Å². The van der Waals surface area contributed by atoms with Crippen molar-refractivity contribution in [2.45, 2.75) is 25.2 Å². The molecule has 0 saturated carbocycles. The molecule has 1 atom stereocenters. The average molecular weight is 436 g/mol. The number of benzene rings is 1. The van der Waals surface area contributed by atoms with Crippen LogP contribution in [0.2, 0.25) is 0 Å². The van der Waals surface area contributed by atoms with Crippen molar-refractivity contribution >= 4 is 29.1 Å². The Kier molecular flexibility index (Phi) is 6.14. The van der Waals surface area contributed by atoms with Crippen molar-refractivity contribution in [3.8, 4) is 11.8 Å². The predicted molar refractivity (Wildman–Crippen MR) is 117 cm³/mol. The lowest BCUT2D eigenvalue weighted by atomic mass is 9.79. The lowest BCUT2D eigenvalue weighted by molar-refractivity contribution is -0.116. The van der Waals surface area contributed by atoms with E-state index < -0.39 is 5.92 Å². The number of allylic oxidation sites excluding steroid dienone is 3. The molecule has 7 nitrogen and oxygen atoms in total. The fourth-order valence-electron chi connectivity index (χ4n) is 3.81. The molecule has 2 aromatic rings. The van der Waals surface area contributed by atoms with E-state index in [-0.39, 0.29) is 17.4 Å². The van der Waals surface area contributed by atoms with Gasteiger partial charge in [0.2, 0.25) is 5.91 Å². The van der Waals surface area contributed by atoms with E-state index in [1.165, 1.54) is 18.0 Å². The number of ether oxygens (including phenoxy) is 1. The number of nitriles is 1. The van der Waals surface area contributed by atoms with Crippen molar-refractivity contribution in [3.05, 3.63) is 70.3 Å². The van der Waals surface area contributed by atoms with Gasteiger partial charge in [-0.2, -0.15) is 5.26 Å². The van der Waals surface area contributed by atoms with Gasteiger partial charge in [-0.3, -0.25) is 9.59 Å². The van der Waals surface area contributed by atoms with Crippen LogP contribution in [0, 0.1) is 11.3 Å². The zero-order valence-corrected chi connectivity index (χ0v) is 17.8. The van der Waals surface area contributed by atoms with E-state index >= 15 is 0 Å². The number of carbonyl (C=O) groups is 2. The molecule has 1 aliphatic carbocycles. The smallest absolute Gasteiger partial charge is 0.234 e. The van der Waals surface area contributed by atoms with Gasteiger partial charge in [-0.05, 0) is 37.1 Å². The number of carbonyl (C=O) groups excluding carboxylic acids is 2. The Balaban J connectivity index is 1.55. The first-order chi connectivity index (χ1) is 15.1. The first-order valence-corrected chi connectivity index (χ1v) is 10.9. The molecular formula is C23H21N3O4S. The summed E-state index contributed by atoms with van der Waals surface area (Å²) in [5.41, 5.74) is 2.44. The quantitative estimate of drug-likeness (QED) is 0.704. The molecular weight excluding hydrogens is 414 g/mol. The highest BCUT2D eigenvalue weighted by Crippen LogP contribution is 2.44. The number of rotatable bonds is 6. The molecule has 2 aliphatic rings. The number of hydrogen-bond donors (Lipinski definition) is 2. The molecule has 158 valence electrons. The van der Waals surface area contributed by atoms with Crippen LogP contribution in [0.1, 0.15) is 30.9 Å². The normalized spacial score (nSPS) is 18.2. The van der Waals surface area contributed by atoms with Crippen LogP contribution < -0.4 is 15.4 Å². The summed E-state index contributed by atoms with van der Waals surface area (Å²) in [5.74, 6) is 0.581. The highest BCUT2D eigenvalue weighted by atomic mass is 32.2. The Morgan fingerprint density at radius 2 is 2.23 bits per heavy atom. The molecule has 4 rings (SSSR count). The zero-order valence-electron chi connectivity index (χ0n) is 16.9. The van der Waals surface area contributed by atoms with Crippen LogP contribution in [0.25, 0.3) is 0 Å². The number of furan rings is 1. The molecule has 0 saturated heterocycles. The molecule has 2 N–H and O–H groups in total. The molecule has 1 aromatic carbocycles. The number of amides is 1. The fourth-order valence-corrected chi connectivity index (χ4v) is 4.67. The molecule has 31 heavy (non-hydrogen) atoms. The van der Waals surface area contributed by atoms with Gasteiger partial charge >= 0.3 is 0 Å².